The van der Waals surface area contributed by atoms with Crippen LogP contribution in [0.2, 0.25) is 0 Å². The Kier molecular flexibility index (Phi) is 2.92. The maximum Gasteiger partial charge on any atom is -0.0292 e. The summed E-state index contributed by atoms with van der Waals surface area (Å²) in [6.45, 7) is 8.28. The Morgan fingerprint density at radius 2 is 2.45 bits per heavy atom. The molecule has 0 radical (unpaired) electrons. The number of hydrogen-bond acceptors (Lipinski definition) is 0. The third kappa shape index (κ3) is 2.92. The Morgan fingerprint density at radius 1 is 1.73 bits per heavy atom. The molecular weight excluding hydrogens is 132 g/mol. The summed E-state index contributed by atoms with van der Waals surface area (Å²) in [7, 11) is 0. The molecule has 0 aromatic heterocycles. The van der Waals surface area contributed by atoms with Crippen LogP contribution in [-0.2, 0) is 0 Å². The van der Waals surface area contributed by atoms with Crippen LogP contribution in [0.4, 0.5) is 0 Å². The number of rotatable bonds is 3. The maximum atomic E-state index is 3.92. The van der Waals surface area contributed by atoms with Gasteiger partial charge in [-0.15, -0.1) is 6.58 Å². The molecule has 0 N–H and O–H groups in total. The summed E-state index contributed by atoms with van der Waals surface area (Å²) < 4.78 is 0. The molecule has 0 heteroatoms. The molecule has 0 nitrogen and oxygen atoms in total. The highest BCUT2D eigenvalue weighted by atomic mass is 14.2. The minimum Gasteiger partial charge on any atom is -0.100 e. The highest BCUT2D eigenvalue weighted by molar-refractivity contribution is 5.07. The van der Waals surface area contributed by atoms with Gasteiger partial charge in [0, 0.05) is 0 Å². The molecule has 11 heavy (non-hydrogen) atoms. The summed E-state index contributed by atoms with van der Waals surface area (Å²) in [6.07, 6.45) is 7.56. The first kappa shape index (κ1) is 8.58. The van der Waals surface area contributed by atoms with Crippen molar-refractivity contribution in [2.24, 2.45) is 5.92 Å². The summed E-state index contributed by atoms with van der Waals surface area (Å²) in [5.74, 6) is 0.923. The Labute approximate surface area is 70.0 Å². The van der Waals surface area contributed by atoms with Crippen molar-refractivity contribution >= 4 is 0 Å². The van der Waals surface area contributed by atoms with Crippen LogP contribution >= 0.6 is 0 Å². The Hall–Kier alpha value is -0.520. The average molecular weight is 150 g/mol. The summed E-state index contributed by atoms with van der Waals surface area (Å²) in [6, 6.07) is 0. The second-order valence-electron chi connectivity index (χ2n) is 3.85. The van der Waals surface area contributed by atoms with E-state index in [1.165, 1.54) is 31.3 Å². The van der Waals surface area contributed by atoms with Gasteiger partial charge in [-0.1, -0.05) is 17.2 Å². The van der Waals surface area contributed by atoms with Gasteiger partial charge >= 0.3 is 0 Å². The fraction of sp³-hybridized carbons (Fsp3) is 0.636. The molecule has 1 aliphatic rings. The van der Waals surface area contributed by atoms with Crippen LogP contribution in [0, 0.1) is 5.92 Å². The Morgan fingerprint density at radius 3 is 2.91 bits per heavy atom. The van der Waals surface area contributed by atoms with Gasteiger partial charge < -0.3 is 0 Å². The smallest absolute Gasteiger partial charge is 0.0292 e. The normalized spacial score (nSPS) is 23.5. The van der Waals surface area contributed by atoms with Crippen LogP contribution < -0.4 is 0 Å². The quantitative estimate of drug-likeness (QED) is 0.538. The zero-order chi connectivity index (χ0) is 8.27. The molecule has 1 aliphatic carbocycles. The summed E-state index contributed by atoms with van der Waals surface area (Å²) >= 11 is 0. The molecule has 62 valence electrons. The molecule has 1 atom stereocenters. The summed E-state index contributed by atoms with van der Waals surface area (Å²) in [5, 5.41) is 0. The van der Waals surface area contributed by atoms with Crippen molar-refractivity contribution in [2.45, 2.75) is 39.5 Å². The van der Waals surface area contributed by atoms with E-state index in [2.05, 4.69) is 26.5 Å². The lowest BCUT2D eigenvalue weighted by Crippen LogP contribution is -1.94. The lowest BCUT2D eigenvalue weighted by Gasteiger charge is -2.08. The first-order valence-corrected chi connectivity index (χ1v) is 4.48. The zero-order valence-electron chi connectivity index (χ0n) is 7.69. The summed E-state index contributed by atoms with van der Waals surface area (Å²) in [5.41, 5.74) is 2.91. The molecular formula is C11H18. The van der Waals surface area contributed by atoms with E-state index in [1.807, 2.05) is 0 Å². The zero-order valence-corrected chi connectivity index (χ0v) is 7.69. The van der Waals surface area contributed by atoms with Crippen molar-refractivity contribution in [3.05, 3.63) is 23.8 Å². The standard InChI is InChI=1S/C11H18/c1-9(2)4-6-11-7-5-10(3)8-11/h5,11H,1,4,6-8H2,2-3H3. The van der Waals surface area contributed by atoms with Crippen LogP contribution in [0.25, 0.3) is 0 Å². The van der Waals surface area contributed by atoms with E-state index >= 15 is 0 Å². The molecule has 0 aliphatic heterocycles. The Balaban J connectivity index is 2.16. The third-order valence-electron chi connectivity index (χ3n) is 2.39. The topological polar surface area (TPSA) is 0 Å². The number of allylic oxidation sites excluding steroid dienone is 3. The van der Waals surface area contributed by atoms with Crippen molar-refractivity contribution in [1.82, 2.24) is 0 Å². The molecule has 0 heterocycles. The van der Waals surface area contributed by atoms with Crippen LogP contribution in [-0.4, -0.2) is 0 Å². The van der Waals surface area contributed by atoms with Gasteiger partial charge in [0.15, 0.2) is 0 Å². The largest absolute Gasteiger partial charge is 0.100 e. The van der Waals surface area contributed by atoms with E-state index in [9.17, 15) is 0 Å². The van der Waals surface area contributed by atoms with Gasteiger partial charge in [-0.3, -0.25) is 0 Å². The molecule has 0 aromatic rings. The van der Waals surface area contributed by atoms with Gasteiger partial charge in [-0.05, 0) is 45.4 Å². The molecule has 0 fully saturated rings. The lowest BCUT2D eigenvalue weighted by atomic mass is 9.98. The molecule has 0 bridgehead atoms. The van der Waals surface area contributed by atoms with Gasteiger partial charge in [-0.25, -0.2) is 0 Å². The van der Waals surface area contributed by atoms with Gasteiger partial charge in [0.25, 0.3) is 0 Å². The molecule has 0 saturated carbocycles. The highest BCUT2D eigenvalue weighted by Gasteiger charge is 2.13. The minimum absolute atomic E-state index is 0.923. The van der Waals surface area contributed by atoms with E-state index in [-0.39, 0.29) is 0 Å². The Bertz CT molecular complexity index is 174. The fourth-order valence-corrected chi connectivity index (χ4v) is 1.66. The lowest BCUT2D eigenvalue weighted by molar-refractivity contribution is 0.514. The highest BCUT2D eigenvalue weighted by Crippen LogP contribution is 2.28. The average Bonchev–Trinajstić information content (AvgIpc) is 2.31. The van der Waals surface area contributed by atoms with Crippen LogP contribution in [0.5, 0.6) is 0 Å². The second kappa shape index (κ2) is 3.75. The van der Waals surface area contributed by atoms with Crippen molar-refractivity contribution in [2.75, 3.05) is 0 Å². The monoisotopic (exact) mass is 150 g/mol. The van der Waals surface area contributed by atoms with Crippen molar-refractivity contribution < 1.29 is 0 Å². The predicted octanol–water partition coefficient (Wildman–Crippen LogP) is 3.70. The molecule has 0 spiro atoms. The van der Waals surface area contributed by atoms with Crippen LogP contribution in [0.15, 0.2) is 23.8 Å². The fourth-order valence-electron chi connectivity index (χ4n) is 1.66. The van der Waals surface area contributed by atoms with E-state index in [1.54, 1.807) is 5.57 Å². The third-order valence-corrected chi connectivity index (χ3v) is 2.39. The van der Waals surface area contributed by atoms with Gasteiger partial charge in [0.05, 0.1) is 0 Å². The van der Waals surface area contributed by atoms with Gasteiger partial charge in [0.1, 0.15) is 0 Å². The van der Waals surface area contributed by atoms with E-state index in [0.29, 0.717) is 0 Å². The maximum absolute atomic E-state index is 3.92. The van der Waals surface area contributed by atoms with E-state index in [4.69, 9.17) is 0 Å². The van der Waals surface area contributed by atoms with Crippen molar-refractivity contribution in [1.29, 1.82) is 0 Å². The van der Waals surface area contributed by atoms with E-state index in [0.717, 1.165) is 5.92 Å². The van der Waals surface area contributed by atoms with Gasteiger partial charge in [-0.2, -0.15) is 0 Å². The summed E-state index contributed by atoms with van der Waals surface area (Å²) in [4.78, 5) is 0. The minimum atomic E-state index is 0.923. The van der Waals surface area contributed by atoms with Crippen molar-refractivity contribution in [3.8, 4) is 0 Å². The van der Waals surface area contributed by atoms with Crippen LogP contribution in [0.1, 0.15) is 39.5 Å². The predicted molar refractivity (Wildman–Crippen MR) is 50.5 cm³/mol. The SMILES string of the molecule is C=C(C)CCC1CC=C(C)C1. The van der Waals surface area contributed by atoms with Crippen molar-refractivity contribution in [3.63, 3.8) is 0 Å². The van der Waals surface area contributed by atoms with Gasteiger partial charge in [0.2, 0.25) is 0 Å². The molecule has 0 aromatic carbocycles. The molecule has 1 rings (SSSR count). The number of hydrogen-bond donors (Lipinski definition) is 0. The molecule has 1 unspecified atom stereocenters. The van der Waals surface area contributed by atoms with E-state index < -0.39 is 0 Å². The second-order valence-corrected chi connectivity index (χ2v) is 3.85. The first-order valence-electron chi connectivity index (χ1n) is 4.48. The first-order chi connectivity index (χ1) is 5.18. The molecule has 0 amide bonds. The molecule has 0 saturated heterocycles. The van der Waals surface area contributed by atoms with Crippen LogP contribution in [0.3, 0.4) is 0 Å².